The molecule has 3 rings (SSSR count). The molecule has 0 fully saturated rings. The van der Waals surface area contributed by atoms with E-state index in [1.165, 1.54) is 13.2 Å². The second-order valence-corrected chi connectivity index (χ2v) is 8.27. The van der Waals surface area contributed by atoms with Crippen LogP contribution < -0.4 is 15.6 Å². The number of halogens is 1. The number of ether oxygens (including phenoxy) is 1. The fraction of sp³-hybridized carbons (Fsp3) is 0.167. The molecule has 0 unspecified atom stereocenters. The number of nitrogens with one attached hydrogen (secondary N) is 2. The van der Waals surface area contributed by atoms with Gasteiger partial charge in [0.05, 0.1) is 7.11 Å². The summed E-state index contributed by atoms with van der Waals surface area (Å²) in [5, 5.41) is 4.53. The van der Waals surface area contributed by atoms with Crippen LogP contribution in [-0.4, -0.2) is 26.8 Å². The first-order valence-electron chi connectivity index (χ1n) is 7.71. The van der Waals surface area contributed by atoms with Gasteiger partial charge in [0.2, 0.25) is 0 Å². The standard InChI is InChI=1S/C18H17ClN2O4S/c1-25-16-9-14(4-6-17(16)26(2,23)24)20-10-12-7-11-8-13(19)3-5-15(11)21-18(12)22/h3-9,20H,10H2,1-2H3,(H,21,22). The fourth-order valence-corrected chi connectivity index (χ4v) is 3.64. The molecular weight excluding hydrogens is 376 g/mol. The monoisotopic (exact) mass is 392 g/mol. The number of hydrogen-bond acceptors (Lipinski definition) is 5. The summed E-state index contributed by atoms with van der Waals surface area (Å²) in [6.45, 7) is 0.263. The summed E-state index contributed by atoms with van der Waals surface area (Å²) < 4.78 is 28.6. The van der Waals surface area contributed by atoms with Crippen molar-refractivity contribution in [1.29, 1.82) is 0 Å². The van der Waals surface area contributed by atoms with Crippen molar-refractivity contribution in [3.05, 3.63) is 63.4 Å². The van der Waals surface area contributed by atoms with E-state index in [1.807, 2.05) is 0 Å². The van der Waals surface area contributed by atoms with Crippen LogP contribution >= 0.6 is 11.6 Å². The summed E-state index contributed by atoms with van der Waals surface area (Å²) in [4.78, 5) is 15.1. The number of aromatic amines is 1. The molecular formula is C18H17ClN2O4S. The molecule has 8 heteroatoms. The molecule has 0 spiro atoms. The number of benzene rings is 2. The minimum Gasteiger partial charge on any atom is -0.495 e. The van der Waals surface area contributed by atoms with Crippen molar-refractivity contribution in [2.24, 2.45) is 0 Å². The van der Waals surface area contributed by atoms with Crippen LogP contribution in [0.1, 0.15) is 5.56 Å². The highest BCUT2D eigenvalue weighted by Gasteiger charge is 2.14. The van der Waals surface area contributed by atoms with Crippen molar-refractivity contribution in [3.8, 4) is 5.75 Å². The van der Waals surface area contributed by atoms with Crippen LogP contribution in [0.3, 0.4) is 0 Å². The van der Waals surface area contributed by atoms with Crippen molar-refractivity contribution in [1.82, 2.24) is 4.98 Å². The van der Waals surface area contributed by atoms with Crippen LogP contribution in [-0.2, 0) is 16.4 Å². The minimum absolute atomic E-state index is 0.115. The van der Waals surface area contributed by atoms with E-state index in [4.69, 9.17) is 16.3 Å². The van der Waals surface area contributed by atoms with Gasteiger partial charge in [0.15, 0.2) is 9.84 Å². The predicted molar refractivity (Wildman–Crippen MR) is 103 cm³/mol. The lowest BCUT2D eigenvalue weighted by Crippen LogP contribution is -2.15. The van der Waals surface area contributed by atoms with Crippen molar-refractivity contribution in [3.63, 3.8) is 0 Å². The van der Waals surface area contributed by atoms with E-state index in [0.717, 1.165) is 11.6 Å². The molecule has 2 N–H and O–H groups in total. The number of pyridine rings is 1. The number of methoxy groups -OCH3 is 1. The maximum atomic E-state index is 12.2. The molecule has 0 saturated heterocycles. The molecule has 6 nitrogen and oxygen atoms in total. The Hall–Kier alpha value is -2.51. The highest BCUT2D eigenvalue weighted by atomic mass is 35.5. The lowest BCUT2D eigenvalue weighted by molar-refractivity contribution is 0.403. The van der Waals surface area contributed by atoms with Crippen LogP contribution in [0.4, 0.5) is 5.69 Å². The van der Waals surface area contributed by atoms with E-state index in [0.29, 0.717) is 21.8 Å². The molecule has 0 atom stereocenters. The Bertz CT molecular complexity index is 1140. The van der Waals surface area contributed by atoms with Gasteiger partial charge in [0, 0.05) is 46.0 Å². The van der Waals surface area contributed by atoms with Gasteiger partial charge in [-0.1, -0.05) is 11.6 Å². The van der Waals surface area contributed by atoms with Crippen LogP contribution in [0.5, 0.6) is 5.75 Å². The first-order valence-corrected chi connectivity index (χ1v) is 9.98. The van der Waals surface area contributed by atoms with Crippen LogP contribution in [0.25, 0.3) is 10.9 Å². The van der Waals surface area contributed by atoms with Crippen molar-refractivity contribution in [2.45, 2.75) is 11.4 Å². The number of hydrogen-bond donors (Lipinski definition) is 2. The number of rotatable bonds is 5. The highest BCUT2D eigenvalue weighted by molar-refractivity contribution is 7.90. The molecule has 1 heterocycles. The van der Waals surface area contributed by atoms with E-state index >= 15 is 0 Å². The molecule has 0 aliphatic rings. The van der Waals surface area contributed by atoms with Gasteiger partial charge in [-0.2, -0.15) is 0 Å². The number of anilines is 1. The maximum absolute atomic E-state index is 12.2. The van der Waals surface area contributed by atoms with Gasteiger partial charge in [-0.3, -0.25) is 4.79 Å². The van der Waals surface area contributed by atoms with Crippen LogP contribution in [0.2, 0.25) is 5.02 Å². The molecule has 0 aliphatic carbocycles. The van der Waals surface area contributed by atoms with E-state index < -0.39 is 9.84 Å². The molecule has 0 bridgehead atoms. The Labute approximate surface area is 155 Å². The quantitative estimate of drug-likeness (QED) is 0.696. The summed E-state index contributed by atoms with van der Waals surface area (Å²) in [7, 11) is -1.98. The first kappa shape index (κ1) is 18.3. The Balaban J connectivity index is 1.88. The van der Waals surface area contributed by atoms with Crippen molar-refractivity contribution >= 4 is 38.0 Å². The maximum Gasteiger partial charge on any atom is 0.253 e. The van der Waals surface area contributed by atoms with Gasteiger partial charge in [-0.05, 0) is 36.4 Å². The van der Waals surface area contributed by atoms with Gasteiger partial charge in [-0.15, -0.1) is 0 Å². The SMILES string of the molecule is COc1cc(NCc2cc3cc(Cl)ccc3[nH]c2=O)ccc1S(C)(=O)=O. The Morgan fingerprint density at radius 2 is 1.92 bits per heavy atom. The zero-order valence-corrected chi connectivity index (χ0v) is 15.7. The molecule has 1 aromatic heterocycles. The molecule has 2 aromatic carbocycles. The summed E-state index contributed by atoms with van der Waals surface area (Å²) in [6, 6.07) is 11.7. The Kier molecular flexibility index (Phi) is 4.93. The largest absolute Gasteiger partial charge is 0.495 e. The third-order valence-electron chi connectivity index (χ3n) is 3.93. The minimum atomic E-state index is -3.38. The molecule has 3 aromatic rings. The second kappa shape index (κ2) is 7.01. The fourth-order valence-electron chi connectivity index (χ4n) is 2.64. The lowest BCUT2D eigenvalue weighted by Gasteiger charge is -2.11. The average molecular weight is 393 g/mol. The summed E-state index contributed by atoms with van der Waals surface area (Å²) in [6.07, 6.45) is 1.12. The van der Waals surface area contributed by atoms with Crippen LogP contribution in [0.15, 0.2) is 52.2 Å². The van der Waals surface area contributed by atoms with Gasteiger partial charge in [0.25, 0.3) is 5.56 Å². The predicted octanol–water partition coefficient (Wildman–Crippen LogP) is 3.21. The van der Waals surface area contributed by atoms with E-state index in [1.54, 1.807) is 36.4 Å². The normalized spacial score (nSPS) is 11.5. The highest BCUT2D eigenvalue weighted by Crippen LogP contribution is 2.27. The molecule has 0 saturated carbocycles. The summed E-state index contributed by atoms with van der Waals surface area (Å²) in [5.41, 5.74) is 1.68. The van der Waals surface area contributed by atoms with E-state index in [-0.39, 0.29) is 22.7 Å². The Morgan fingerprint density at radius 1 is 1.15 bits per heavy atom. The average Bonchev–Trinajstić information content (AvgIpc) is 2.59. The summed E-state index contributed by atoms with van der Waals surface area (Å²) in [5.74, 6) is 0.247. The lowest BCUT2D eigenvalue weighted by atomic mass is 10.1. The third kappa shape index (κ3) is 3.84. The molecule has 0 amide bonds. The van der Waals surface area contributed by atoms with Gasteiger partial charge in [-0.25, -0.2) is 8.42 Å². The van der Waals surface area contributed by atoms with Crippen molar-refractivity contribution in [2.75, 3.05) is 18.7 Å². The second-order valence-electron chi connectivity index (χ2n) is 5.85. The zero-order chi connectivity index (χ0) is 18.9. The third-order valence-corrected chi connectivity index (χ3v) is 5.30. The smallest absolute Gasteiger partial charge is 0.253 e. The molecule has 136 valence electrons. The molecule has 0 aliphatic heterocycles. The first-order chi connectivity index (χ1) is 12.3. The summed E-state index contributed by atoms with van der Waals surface area (Å²) >= 11 is 6.00. The van der Waals surface area contributed by atoms with Crippen molar-refractivity contribution < 1.29 is 13.2 Å². The topological polar surface area (TPSA) is 88.3 Å². The van der Waals surface area contributed by atoms with Gasteiger partial charge >= 0.3 is 0 Å². The molecule has 26 heavy (non-hydrogen) atoms. The Morgan fingerprint density at radius 3 is 2.62 bits per heavy atom. The zero-order valence-electron chi connectivity index (χ0n) is 14.2. The van der Waals surface area contributed by atoms with Crippen LogP contribution in [0, 0.1) is 0 Å². The number of fused-ring (bicyclic) bond motifs is 1. The van der Waals surface area contributed by atoms with E-state index in [2.05, 4.69) is 10.3 Å². The molecule has 0 radical (unpaired) electrons. The van der Waals surface area contributed by atoms with Gasteiger partial charge in [0.1, 0.15) is 10.6 Å². The van der Waals surface area contributed by atoms with E-state index in [9.17, 15) is 13.2 Å². The van der Waals surface area contributed by atoms with Gasteiger partial charge < -0.3 is 15.0 Å². The number of H-pyrrole nitrogens is 1. The number of aromatic nitrogens is 1. The number of sulfone groups is 1.